The first-order valence-electron chi connectivity index (χ1n) is 7.57. The molecule has 25 heavy (non-hydrogen) atoms. The first kappa shape index (κ1) is 16.6. The monoisotopic (exact) mass is 339 g/mol. The number of aromatic nitrogens is 1. The van der Waals surface area contributed by atoms with Crippen LogP contribution in [0.5, 0.6) is 0 Å². The van der Waals surface area contributed by atoms with Crippen LogP contribution in [0.2, 0.25) is 0 Å². The lowest BCUT2D eigenvalue weighted by atomic mass is 10.2. The molecule has 3 rings (SSSR count). The summed E-state index contributed by atoms with van der Waals surface area (Å²) in [6, 6.07) is 14.0. The van der Waals surface area contributed by atoms with Crippen molar-refractivity contribution in [3.63, 3.8) is 0 Å². The number of carbonyl (C=O) groups is 1. The van der Waals surface area contributed by atoms with Crippen molar-refractivity contribution in [2.75, 3.05) is 10.6 Å². The maximum atomic E-state index is 13.3. The van der Waals surface area contributed by atoms with Crippen LogP contribution in [-0.4, -0.2) is 10.9 Å². The van der Waals surface area contributed by atoms with Crippen molar-refractivity contribution in [1.29, 1.82) is 0 Å². The van der Waals surface area contributed by atoms with Gasteiger partial charge in [0.25, 0.3) is 5.91 Å². The summed E-state index contributed by atoms with van der Waals surface area (Å²) in [5.74, 6) is -2.23. The van der Waals surface area contributed by atoms with Gasteiger partial charge in [0.15, 0.2) is 11.6 Å². The predicted molar refractivity (Wildman–Crippen MR) is 93.0 cm³/mol. The van der Waals surface area contributed by atoms with Crippen molar-refractivity contribution in [3.8, 4) is 0 Å². The van der Waals surface area contributed by atoms with E-state index in [0.29, 0.717) is 17.1 Å². The number of hydrogen-bond donors (Lipinski definition) is 2. The molecule has 2 N–H and O–H groups in total. The number of hydrogen-bond acceptors (Lipinski definition) is 3. The lowest BCUT2D eigenvalue weighted by Crippen LogP contribution is -2.13. The SMILES string of the molecule is Cc1ccc(NC(=O)c2cc(Nc3ccc(F)c(F)c3)ccn2)cc1. The highest BCUT2D eigenvalue weighted by molar-refractivity contribution is 6.03. The van der Waals surface area contributed by atoms with Gasteiger partial charge in [0, 0.05) is 29.3 Å². The van der Waals surface area contributed by atoms with Crippen molar-refractivity contribution >= 4 is 23.0 Å². The molecule has 1 aromatic heterocycles. The largest absolute Gasteiger partial charge is 0.355 e. The molecule has 0 aliphatic carbocycles. The van der Waals surface area contributed by atoms with Crippen LogP contribution in [0.25, 0.3) is 0 Å². The Hall–Kier alpha value is -3.28. The average molecular weight is 339 g/mol. The van der Waals surface area contributed by atoms with E-state index >= 15 is 0 Å². The topological polar surface area (TPSA) is 54.0 Å². The van der Waals surface area contributed by atoms with E-state index in [-0.39, 0.29) is 11.6 Å². The second-order valence-electron chi connectivity index (χ2n) is 5.50. The van der Waals surface area contributed by atoms with Crippen LogP contribution in [0.4, 0.5) is 25.8 Å². The average Bonchev–Trinajstić information content (AvgIpc) is 2.60. The molecule has 6 heteroatoms. The Morgan fingerprint density at radius 1 is 0.880 bits per heavy atom. The highest BCUT2D eigenvalue weighted by Gasteiger charge is 2.09. The molecule has 0 atom stereocenters. The second-order valence-corrected chi connectivity index (χ2v) is 5.50. The zero-order valence-electron chi connectivity index (χ0n) is 13.4. The number of nitrogens with one attached hydrogen (secondary N) is 2. The van der Waals surface area contributed by atoms with E-state index in [1.807, 2.05) is 19.1 Å². The summed E-state index contributed by atoms with van der Waals surface area (Å²) in [6.07, 6.45) is 1.46. The van der Waals surface area contributed by atoms with Gasteiger partial charge in [-0.3, -0.25) is 9.78 Å². The van der Waals surface area contributed by atoms with Crippen molar-refractivity contribution < 1.29 is 13.6 Å². The molecule has 126 valence electrons. The van der Waals surface area contributed by atoms with E-state index in [2.05, 4.69) is 15.6 Å². The van der Waals surface area contributed by atoms with E-state index in [0.717, 1.165) is 17.7 Å². The van der Waals surface area contributed by atoms with E-state index in [9.17, 15) is 13.6 Å². The van der Waals surface area contributed by atoms with E-state index in [4.69, 9.17) is 0 Å². The Morgan fingerprint density at radius 2 is 1.56 bits per heavy atom. The molecule has 1 heterocycles. The van der Waals surface area contributed by atoms with Crippen molar-refractivity contribution in [1.82, 2.24) is 4.98 Å². The van der Waals surface area contributed by atoms with Gasteiger partial charge in [-0.2, -0.15) is 0 Å². The number of anilines is 3. The zero-order chi connectivity index (χ0) is 17.8. The predicted octanol–water partition coefficient (Wildman–Crippen LogP) is 4.66. The zero-order valence-corrected chi connectivity index (χ0v) is 13.4. The Balaban J connectivity index is 1.75. The summed E-state index contributed by atoms with van der Waals surface area (Å²) in [5, 5.41) is 5.67. The fourth-order valence-corrected chi connectivity index (χ4v) is 2.21. The summed E-state index contributed by atoms with van der Waals surface area (Å²) in [4.78, 5) is 16.3. The molecule has 2 aromatic carbocycles. The summed E-state index contributed by atoms with van der Waals surface area (Å²) < 4.78 is 26.2. The molecule has 0 saturated heterocycles. The number of pyridine rings is 1. The summed E-state index contributed by atoms with van der Waals surface area (Å²) in [7, 11) is 0. The third-order valence-corrected chi connectivity index (χ3v) is 3.51. The van der Waals surface area contributed by atoms with Gasteiger partial charge in [-0.05, 0) is 43.3 Å². The molecular formula is C19H15F2N3O. The van der Waals surface area contributed by atoms with E-state index in [1.54, 1.807) is 18.2 Å². The smallest absolute Gasteiger partial charge is 0.274 e. The van der Waals surface area contributed by atoms with Crippen LogP contribution < -0.4 is 10.6 Å². The van der Waals surface area contributed by atoms with Gasteiger partial charge < -0.3 is 10.6 Å². The van der Waals surface area contributed by atoms with Gasteiger partial charge in [-0.1, -0.05) is 17.7 Å². The molecule has 0 aliphatic heterocycles. The third kappa shape index (κ3) is 4.17. The van der Waals surface area contributed by atoms with Gasteiger partial charge >= 0.3 is 0 Å². The minimum atomic E-state index is -0.948. The van der Waals surface area contributed by atoms with Crippen LogP contribution in [0, 0.1) is 18.6 Å². The minimum absolute atomic E-state index is 0.202. The molecule has 4 nitrogen and oxygen atoms in total. The fraction of sp³-hybridized carbons (Fsp3) is 0.0526. The maximum absolute atomic E-state index is 13.3. The first-order valence-corrected chi connectivity index (χ1v) is 7.57. The maximum Gasteiger partial charge on any atom is 0.274 e. The normalized spacial score (nSPS) is 10.4. The molecule has 0 aliphatic rings. The quantitative estimate of drug-likeness (QED) is 0.727. The van der Waals surface area contributed by atoms with Crippen LogP contribution >= 0.6 is 0 Å². The summed E-state index contributed by atoms with van der Waals surface area (Å²) in [6.45, 7) is 1.96. The molecule has 0 saturated carbocycles. The Morgan fingerprint density at radius 3 is 2.28 bits per heavy atom. The third-order valence-electron chi connectivity index (χ3n) is 3.51. The number of halogens is 2. The number of aryl methyl sites for hydroxylation is 1. The number of benzene rings is 2. The molecule has 0 spiro atoms. The van der Waals surface area contributed by atoms with Crippen molar-refractivity contribution in [3.05, 3.63) is 83.7 Å². The first-order chi connectivity index (χ1) is 12.0. The molecule has 1 amide bonds. The lowest BCUT2D eigenvalue weighted by Gasteiger charge is -2.09. The Labute approximate surface area is 143 Å². The standard InChI is InChI=1S/C19H15F2N3O/c1-12-2-4-13(5-3-12)24-19(25)18-11-15(8-9-22-18)23-14-6-7-16(20)17(21)10-14/h2-11H,1H3,(H,22,23)(H,24,25). The van der Waals surface area contributed by atoms with Gasteiger partial charge in [0.2, 0.25) is 0 Å². The highest BCUT2D eigenvalue weighted by Crippen LogP contribution is 2.19. The lowest BCUT2D eigenvalue weighted by molar-refractivity contribution is 0.102. The van der Waals surface area contributed by atoms with Crippen LogP contribution in [0.1, 0.15) is 16.1 Å². The van der Waals surface area contributed by atoms with Crippen LogP contribution in [-0.2, 0) is 0 Å². The fourth-order valence-electron chi connectivity index (χ4n) is 2.21. The second kappa shape index (κ2) is 7.09. The number of carbonyl (C=O) groups excluding carboxylic acids is 1. The summed E-state index contributed by atoms with van der Waals surface area (Å²) >= 11 is 0. The number of nitrogens with zero attached hydrogens (tertiary/aromatic N) is 1. The van der Waals surface area contributed by atoms with E-state index in [1.165, 1.54) is 18.3 Å². The number of rotatable bonds is 4. The van der Waals surface area contributed by atoms with Crippen LogP contribution in [0.15, 0.2) is 60.8 Å². The molecular weight excluding hydrogens is 324 g/mol. The number of amides is 1. The highest BCUT2D eigenvalue weighted by atomic mass is 19.2. The Bertz CT molecular complexity index is 911. The van der Waals surface area contributed by atoms with Crippen molar-refractivity contribution in [2.45, 2.75) is 6.92 Å². The van der Waals surface area contributed by atoms with Gasteiger partial charge in [0.05, 0.1) is 0 Å². The molecule has 0 unspecified atom stereocenters. The van der Waals surface area contributed by atoms with Gasteiger partial charge in [0.1, 0.15) is 5.69 Å². The molecule has 0 bridgehead atoms. The molecule has 0 fully saturated rings. The summed E-state index contributed by atoms with van der Waals surface area (Å²) in [5.41, 5.74) is 2.86. The molecule has 3 aromatic rings. The minimum Gasteiger partial charge on any atom is -0.355 e. The molecule has 0 radical (unpaired) electrons. The van der Waals surface area contributed by atoms with Crippen molar-refractivity contribution in [2.24, 2.45) is 0 Å². The Kier molecular flexibility index (Phi) is 4.70. The van der Waals surface area contributed by atoms with Gasteiger partial charge in [-0.15, -0.1) is 0 Å². The van der Waals surface area contributed by atoms with Crippen LogP contribution in [0.3, 0.4) is 0 Å². The van der Waals surface area contributed by atoms with Gasteiger partial charge in [-0.25, -0.2) is 8.78 Å². The van der Waals surface area contributed by atoms with E-state index < -0.39 is 11.6 Å².